The Hall–Kier alpha value is -3.85. The number of carbonyl (C=O) groups is 5. The van der Waals surface area contributed by atoms with Crippen LogP contribution in [0.1, 0.15) is 68.9 Å². The molecule has 1 aliphatic carbocycles. The van der Waals surface area contributed by atoms with Crippen LogP contribution in [0.15, 0.2) is 60.7 Å². The van der Waals surface area contributed by atoms with Gasteiger partial charge in [0.15, 0.2) is 11.6 Å². The van der Waals surface area contributed by atoms with Crippen LogP contribution in [0.5, 0.6) is 0 Å². The largest absolute Gasteiger partial charge is 0.365 e. The van der Waals surface area contributed by atoms with Crippen molar-refractivity contribution in [1.82, 2.24) is 16.0 Å². The van der Waals surface area contributed by atoms with E-state index in [-0.39, 0.29) is 30.0 Å². The van der Waals surface area contributed by atoms with Gasteiger partial charge in [0.05, 0.1) is 12.6 Å². The number of ether oxygens (including phenoxy) is 1. The van der Waals surface area contributed by atoms with Crippen molar-refractivity contribution >= 4 is 29.3 Å². The number of hydrogen-bond donors (Lipinski definition) is 3. The van der Waals surface area contributed by atoms with Gasteiger partial charge in [0.1, 0.15) is 18.2 Å². The summed E-state index contributed by atoms with van der Waals surface area (Å²) in [6.45, 7) is 0.502. The fourth-order valence-electron chi connectivity index (χ4n) is 6.49. The molecular formula is C35H43N3O6. The first-order valence-corrected chi connectivity index (χ1v) is 16.1. The third kappa shape index (κ3) is 8.62. The van der Waals surface area contributed by atoms with E-state index in [1.165, 1.54) is 0 Å². The van der Waals surface area contributed by atoms with E-state index in [2.05, 4.69) is 16.0 Å². The monoisotopic (exact) mass is 601 g/mol. The van der Waals surface area contributed by atoms with Crippen LogP contribution in [-0.2, 0) is 41.6 Å². The number of nitrogens with one attached hydrogen (secondary N) is 3. The Morgan fingerprint density at radius 2 is 1.20 bits per heavy atom. The molecule has 2 aliphatic heterocycles. The molecular weight excluding hydrogens is 558 g/mol. The number of Topliss-reactive ketones (excluding diaryl/α,β-unsaturated/α-hetero) is 2. The zero-order valence-corrected chi connectivity index (χ0v) is 25.2. The first-order valence-electron chi connectivity index (χ1n) is 16.1. The number of ketones is 2. The summed E-state index contributed by atoms with van der Waals surface area (Å²) in [6, 6.07) is 16.3. The van der Waals surface area contributed by atoms with Crippen molar-refractivity contribution in [3.05, 3.63) is 71.8 Å². The van der Waals surface area contributed by atoms with Crippen molar-refractivity contribution in [2.24, 2.45) is 11.8 Å². The van der Waals surface area contributed by atoms with Crippen LogP contribution in [0, 0.1) is 11.8 Å². The SMILES string of the molecule is O=C(CCCCC[C@@H]1NC(=O)[C@H]2CCCCC2C(=O)[C@H](Cc2ccccc2)NC(=O)[C@H](Cc2ccccc2)NC1=O)C1CO1. The molecule has 3 aliphatic rings. The van der Waals surface area contributed by atoms with Crippen molar-refractivity contribution in [1.29, 1.82) is 0 Å². The maximum atomic E-state index is 14.1. The Bertz CT molecular complexity index is 1310. The second kappa shape index (κ2) is 15.2. The second-order valence-corrected chi connectivity index (χ2v) is 12.4. The van der Waals surface area contributed by atoms with E-state index >= 15 is 0 Å². The van der Waals surface area contributed by atoms with Gasteiger partial charge in [-0.05, 0) is 43.2 Å². The standard InChI is InChI=1S/C35H43N3O6/c39-30(31-22-44-31)19-9-3-8-18-27-34(42)38-29(21-24-14-6-2-7-15-24)35(43)37-28(20-23-12-4-1-5-13-23)32(40)25-16-10-11-17-26(25)33(41)36-27/h1-2,4-7,12-15,25-29,31H,3,8-11,16-22H2,(H,36,41)(H,37,43)(H,38,42)/t25?,26-,27-,28-,29-,31?/m0/s1. The Balaban J connectivity index is 1.37. The molecule has 0 radical (unpaired) electrons. The van der Waals surface area contributed by atoms with Crippen LogP contribution in [0.4, 0.5) is 0 Å². The fourth-order valence-corrected chi connectivity index (χ4v) is 6.49. The van der Waals surface area contributed by atoms with Crippen LogP contribution >= 0.6 is 0 Å². The molecule has 44 heavy (non-hydrogen) atoms. The number of amides is 3. The Morgan fingerprint density at radius 3 is 1.84 bits per heavy atom. The lowest BCUT2D eigenvalue weighted by Crippen LogP contribution is -2.59. The van der Waals surface area contributed by atoms with Crippen LogP contribution in [0.3, 0.4) is 0 Å². The lowest BCUT2D eigenvalue weighted by Gasteiger charge is -2.35. The van der Waals surface area contributed by atoms with Gasteiger partial charge in [0.2, 0.25) is 17.7 Å². The summed E-state index contributed by atoms with van der Waals surface area (Å²) in [7, 11) is 0. The minimum absolute atomic E-state index is 0.107. The lowest BCUT2D eigenvalue weighted by molar-refractivity contribution is -0.141. The van der Waals surface area contributed by atoms with Gasteiger partial charge >= 0.3 is 0 Å². The average molecular weight is 602 g/mol. The minimum Gasteiger partial charge on any atom is -0.365 e. The van der Waals surface area contributed by atoms with E-state index < -0.39 is 41.8 Å². The number of benzene rings is 2. The van der Waals surface area contributed by atoms with Gasteiger partial charge in [0.25, 0.3) is 0 Å². The van der Waals surface area contributed by atoms with E-state index in [1.54, 1.807) is 0 Å². The Kier molecular flexibility index (Phi) is 10.9. The molecule has 2 aromatic rings. The molecule has 5 rings (SSSR count). The molecule has 234 valence electrons. The van der Waals surface area contributed by atoms with E-state index in [1.807, 2.05) is 60.7 Å². The third-order valence-electron chi connectivity index (χ3n) is 9.07. The van der Waals surface area contributed by atoms with Crippen LogP contribution < -0.4 is 16.0 Å². The maximum absolute atomic E-state index is 14.1. The highest BCUT2D eigenvalue weighted by atomic mass is 16.6. The van der Waals surface area contributed by atoms with E-state index in [0.717, 1.165) is 30.4 Å². The molecule has 9 nitrogen and oxygen atoms in total. The molecule has 2 unspecified atom stereocenters. The summed E-state index contributed by atoms with van der Waals surface area (Å²) in [4.78, 5) is 67.5. The molecule has 6 atom stereocenters. The van der Waals surface area contributed by atoms with E-state index in [0.29, 0.717) is 51.6 Å². The van der Waals surface area contributed by atoms with Crippen LogP contribution in [0.25, 0.3) is 0 Å². The zero-order valence-electron chi connectivity index (χ0n) is 25.2. The second-order valence-electron chi connectivity index (χ2n) is 12.4. The molecule has 0 bridgehead atoms. The van der Waals surface area contributed by atoms with Gasteiger partial charge in [-0.1, -0.05) is 86.3 Å². The first-order chi connectivity index (χ1) is 21.4. The fraction of sp³-hybridized carbons (Fsp3) is 0.514. The third-order valence-corrected chi connectivity index (χ3v) is 9.07. The van der Waals surface area contributed by atoms with Crippen molar-refractivity contribution in [3.63, 3.8) is 0 Å². The summed E-state index contributed by atoms with van der Waals surface area (Å²) in [5.41, 5.74) is 1.77. The van der Waals surface area contributed by atoms with Crippen molar-refractivity contribution in [2.75, 3.05) is 6.61 Å². The summed E-state index contributed by atoms with van der Waals surface area (Å²) >= 11 is 0. The van der Waals surface area contributed by atoms with Gasteiger partial charge in [-0.25, -0.2) is 0 Å². The van der Waals surface area contributed by atoms with E-state index in [9.17, 15) is 24.0 Å². The molecule has 3 N–H and O–H groups in total. The topological polar surface area (TPSA) is 134 Å². The average Bonchev–Trinajstić information content (AvgIpc) is 3.89. The lowest BCUT2D eigenvalue weighted by atomic mass is 9.74. The number of fused-ring (bicyclic) bond motifs is 1. The summed E-state index contributed by atoms with van der Waals surface area (Å²) < 4.78 is 5.06. The molecule has 3 fully saturated rings. The number of carbonyl (C=O) groups excluding carboxylic acids is 5. The smallest absolute Gasteiger partial charge is 0.243 e. The minimum atomic E-state index is -0.937. The van der Waals surface area contributed by atoms with Gasteiger partial charge in [-0.3, -0.25) is 24.0 Å². The van der Waals surface area contributed by atoms with Crippen molar-refractivity contribution in [3.8, 4) is 0 Å². The first kappa shape index (κ1) is 31.6. The zero-order chi connectivity index (χ0) is 30.9. The van der Waals surface area contributed by atoms with Crippen molar-refractivity contribution < 1.29 is 28.7 Å². The van der Waals surface area contributed by atoms with Crippen molar-refractivity contribution in [2.45, 2.75) is 94.9 Å². The predicted octanol–water partition coefficient (Wildman–Crippen LogP) is 3.23. The van der Waals surface area contributed by atoms with Gasteiger partial charge in [-0.2, -0.15) is 0 Å². The molecule has 2 saturated heterocycles. The highest BCUT2D eigenvalue weighted by Crippen LogP contribution is 2.33. The van der Waals surface area contributed by atoms with Gasteiger partial charge in [-0.15, -0.1) is 0 Å². The molecule has 1 saturated carbocycles. The van der Waals surface area contributed by atoms with Crippen LogP contribution in [0.2, 0.25) is 0 Å². The summed E-state index contributed by atoms with van der Waals surface area (Å²) in [5.74, 6) is -2.24. The molecule has 2 heterocycles. The molecule has 0 aromatic heterocycles. The Morgan fingerprint density at radius 1 is 0.659 bits per heavy atom. The number of unbranched alkanes of at least 4 members (excludes halogenated alkanes) is 2. The van der Waals surface area contributed by atoms with E-state index in [4.69, 9.17) is 4.74 Å². The van der Waals surface area contributed by atoms with Gasteiger partial charge in [0, 0.05) is 24.7 Å². The predicted molar refractivity (Wildman–Crippen MR) is 164 cm³/mol. The highest BCUT2D eigenvalue weighted by Gasteiger charge is 2.41. The summed E-state index contributed by atoms with van der Waals surface area (Å²) in [5, 5.41) is 8.88. The number of rotatable bonds is 11. The normalized spacial score (nSPS) is 27.5. The number of epoxide rings is 1. The molecule has 3 amide bonds. The highest BCUT2D eigenvalue weighted by molar-refractivity contribution is 5.98. The van der Waals surface area contributed by atoms with Gasteiger partial charge < -0.3 is 20.7 Å². The van der Waals surface area contributed by atoms with Crippen LogP contribution in [-0.4, -0.2) is 60.1 Å². The summed E-state index contributed by atoms with van der Waals surface area (Å²) in [6.07, 6.45) is 5.91. The molecule has 0 spiro atoms. The maximum Gasteiger partial charge on any atom is 0.243 e. The quantitative estimate of drug-likeness (QED) is 0.268. The molecule has 9 heteroatoms. The number of hydrogen-bond acceptors (Lipinski definition) is 6. The Labute approximate surface area is 258 Å². The molecule has 2 aromatic carbocycles.